The highest BCUT2D eigenvalue weighted by Gasteiger charge is 2.07. The second-order valence-electron chi connectivity index (χ2n) is 2.79. The molecule has 1 aromatic carbocycles. The van der Waals surface area contributed by atoms with Crippen molar-refractivity contribution in [3.8, 4) is 0 Å². The SMILES string of the molecule is CC(C)c1c(Cl)cccc1Br. The lowest BCUT2D eigenvalue weighted by molar-refractivity contribution is 0.861. The summed E-state index contributed by atoms with van der Waals surface area (Å²) in [5, 5.41) is 0.842. The van der Waals surface area contributed by atoms with Gasteiger partial charge >= 0.3 is 0 Å². The van der Waals surface area contributed by atoms with Crippen molar-refractivity contribution in [2.24, 2.45) is 0 Å². The molecule has 0 heterocycles. The smallest absolute Gasteiger partial charge is 0.0451 e. The van der Waals surface area contributed by atoms with Gasteiger partial charge in [-0.3, -0.25) is 0 Å². The summed E-state index contributed by atoms with van der Waals surface area (Å²) >= 11 is 9.46. The van der Waals surface area contributed by atoms with Crippen molar-refractivity contribution >= 4 is 27.5 Å². The fourth-order valence-corrected chi connectivity index (χ4v) is 2.39. The maximum Gasteiger partial charge on any atom is 0.0451 e. The van der Waals surface area contributed by atoms with Gasteiger partial charge in [-0.15, -0.1) is 0 Å². The summed E-state index contributed by atoms with van der Waals surface area (Å²) in [4.78, 5) is 0. The molecule has 0 aliphatic carbocycles. The predicted octanol–water partition coefficient (Wildman–Crippen LogP) is 4.23. The Bertz CT molecular complexity index is 235. The van der Waals surface area contributed by atoms with Gasteiger partial charge in [0.1, 0.15) is 0 Å². The zero-order valence-electron chi connectivity index (χ0n) is 6.57. The van der Waals surface area contributed by atoms with Crippen molar-refractivity contribution in [1.29, 1.82) is 0 Å². The fraction of sp³-hybridized carbons (Fsp3) is 0.333. The molecule has 60 valence electrons. The Morgan fingerprint density at radius 1 is 1.36 bits per heavy atom. The third-order valence-corrected chi connectivity index (χ3v) is 2.60. The molecule has 0 radical (unpaired) electrons. The van der Waals surface area contributed by atoms with Gasteiger partial charge in [-0.05, 0) is 23.6 Å². The van der Waals surface area contributed by atoms with Crippen LogP contribution in [0, 0.1) is 0 Å². The summed E-state index contributed by atoms with van der Waals surface area (Å²) in [5.41, 5.74) is 1.19. The van der Waals surface area contributed by atoms with E-state index in [2.05, 4.69) is 29.8 Å². The maximum absolute atomic E-state index is 5.99. The van der Waals surface area contributed by atoms with Crippen molar-refractivity contribution in [2.75, 3.05) is 0 Å². The van der Waals surface area contributed by atoms with Gasteiger partial charge in [0.05, 0.1) is 0 Å². The van der Waals surface area contributed by atoms with Crippen LogP contribution in [0.4, 0.5) is 0 Å². The second-order valence-corrected chi connectivity index (χ2v) is 4.05. The topological polar surface area (TPSA) is 0 Å². The monoisotopic (exact) mass is 232 g/mol. The van der Waals surface area contributed by atoms with Crippen LogP contribution in [-0.2, 0) is 0 Å². The first-order valence-electron chi connectivity index (χ1n) is 3.57. The Hall–Kier alpha value is -0.0100. The van der Waals surface area contributed by atoms with Gasteiger partial charge in [0.15, 0.2) is 0 Å². The third kappa shape index (κ3) is 1.97. The van der Waals surface area contributed by atoms with Gasteiger partial charge in [-0.25, -0.2) is 0 Å². The van der Waals surface area contributed by atoms with Crippen molar-refractivity contribution in [3.05, 3.63) is 33.3 Å². The Labute approximate surface area is 80.7 Å². The van der Waals surface area contributed by atoms with Crippen molar-refractivity contribution in [1.82, 2.24) is 0 Å². The highest BCUT2D eigenvalue weighted by molar-refractivity contribution is 9.10. The van der Waals surface area contributed by atoms with E-state index in [9.17, 15) is 0 Å². The van der Waals surface area contributed by atoms with Crippen molar-refractivity contribution in [3.63, 3.8) is 0 Å². The Kier molecular flexibility index (Phi) is 2.97. The Morgan fingerprint density at radius 2 is 2.00 bits per heavy atom. The molecule has 2 heteroatoms. The molecule has 1 aromatic rings. The van der Waals surface area contributed by atoms with E-state index in [4.69, 9.17) is 11.6 Å². The van der Waals surface area contributed by atoms with Gasteiger partial charge in [-0.2, -0.15) is 0 Å². The minimum Gasteiger partial charge on any atom is -0.0840 e. The lowest BCUT2D eigenvalue weighted by Gasteiger charge is -2.09. The first-order chi connectivity index (χ1) is 5.13. The molecular weight excluding hydrogens is 223 g/mol. The van der Waals surface area contributed by atoms with Gasteiger partial charge in [0.2, 0.25) is 0 Å². The molecule has 0 unspecified atom stereocenters. The summed E-state index contributed by atoms with van der Waals surface area (Å²) in [6.07, 6.45) is 0. The number of hydrogen-bond acceptors (Lipinski definition) is 0. The molecule has 0 nitrogen and oxygen atoms in total. The van der Waals surface area contributed by atoms with E-state index >= 15 is 0 Å². The zero-order valence-corrected chi connectivity index (χ0v) is 8.91. The first kappa shape index (κ1) is 9.08. The number of hydrogen-bond donors (Lipinski definition) is 0. The van der Waals surface area contributed by atoms with Crippen LogP contribution in [0.2, 0.25) is 5.02 Å². The predicted molar refractivity (Wildman–Crippen MR) is 53.2 cm³/mol. The summed E-state index contributed by atoms with van der Waals surface area (Å²) in [6, 6.07) is 5.88. The molecule has 0 aromatic heterocycles. The minimum atomic E-state index is 0.470. The van der Waals surface area contributed by atoms with E-state index in [-0.39, 0.29) is 0 Å². The summed E-state index contributed by atoms with van der Waals surface area (Å²) < 4.78 is 1.10. The van der Waals surface area contributed by atoms with Gasteiger partial charge in [-0.1, -0.05) is 47.4 Å². The maximum atomic E-state index is 5.99. The molecule has 0 atom stereocenters. The van der Waals surface area contributed by atoms with E-state index < -0.39 is 0 Å². The largest absolute Gasteiger partial charge is 0.0840 e. The molecule has 0 N–H and O–H groups in total. The van der Waals surface area contributed by atoms with Crippen LogP contribution in [0.15, 0.2) is 22.7 Å². The lowest BCUT2D eigenvalue weighted by Crippen LogP contribution is -1.89. The lowest BCUT2D eigenvalue weighted by atomic mass is 10.0. The summed E-state index contributed by atoms with van der Waals surface area (Å²) in [7, 11) is 0. The fourth-order valence-electron chi connectivity index (χ4n) is 1.06. The zero-order chi connectivity index (χ0) is 8.43. The van der Waals surface area contributed by atoms with Gasteiger partial charge in [0.25, 0.3) is 0 Å². The highest BCUT2D eigenvalue weighted by Crippen LogP contribution is 2.30. The molecular formula is C9H10BrCl. The third-order valence-electron chi connectivity index (χ3n) is 1.58. The van der Waals surface area contributed by atoms with Crippen LogP contribution in [0.5, 0.6) is 0 Å². The van der Waals surface area contributed by atoms with Crippen molar-refractivity contribution < 1.29 is 0 Å². The van der Waals surface area contributed by atoms with Crippen LogP contribution < -0.4 is 0 Å². The molecule has 0 spiro atoms. The normalized spacial score (nSPS) is 10.6. The molecule has 11 heavy (non-hydrogen) atoms. The van der Waals surface area contributed by atoms with Crippen LogP contribution in [0.3, 0.4) is 0 Å². The Balaban J connectivity index is 3.21. The van der Waals surface area contributed by atoms with E-state index in [0.717, 1.165) is 9.50 Å². The number of halogens is 2. The van der Waals surface area contributed by atoms with E-state index in [1.54, 1.807) is 0 Å². The average molecular weight is 234 g/mol. The van der Waals surface area contributed by atoms with Crippen LogP contribution in [0.1, 0.15) is 25.3 Å². The number of rotatable bonds is 1. The molecule has 0 saturated carbocycles. The van der Waals surface area contributed by atoms with Crippen LogP contribution >= 0.6 is 27.5 Å². The van der Waals surface area contributed by atoms with Gasteiger partial charge in [0, 0.05) is 9.50 Å². The van der Waals surface area contributed by atoms with E-state index in [1.165, 1.54) is 5.56 Å². The molecule has 0 fully saturated rings. The molecule has 0 amide bonds. The first-order valence-corrected chi connectivity index (χ1v) is 4.74. The second kappa shape index (κ2) is 3.59. The quantitative estimate of drug-likeness (QED) is 0.681. The standard InChI is InChI=1S/C9H10BrCl/c1-6(2)9-7(10)4-3-5-8(9)11/h3-6H,1-2H3. The summed E-state index contributed by atoms with van der Waals surface area (Å²) in [6.45, 7) is 4.26. The number of benzene rings is 1. The van der Waals surface area contributed by atoms with E-state index in [1.807, 2.05) is 18.2 Å². The molecule has 0 saturated heterocycles. The highest BCUT2D eigenvalue weighted by atomic mass is 79.9. The van der Waals surface area contributed by atoms with Crippen LogP contribution in [-0.4, -0.2) is 0 Å². The van der Waals surface area contributed by atoms with E-state index in [0.29, 0.717) is 5.92 Å². The molecule has 0 bridgehead atoms. The molecule has 1 rings (SSSR count). The minimum absolute atomic E-state index is 0.470. The summed E-state index contributed by atoms with van der Waals surface area (Å²) in [5.74, 6) is 0.470. The van der Waals surface area contributed by atoms with Crippen molar-refractivity contribution in [2.45, 2.75) is 19.8 Å². The molecule has 0 aliphatic rings. The molecule has 0 aliphatic heterocycles. The Morgan fingerprint density at radius 3 is 2.36 bits per heavy atom. The van der Waals surface area contributed by atoms with Crippen LogP contribution in [0.25, 0.3) is 0 Å². The van der Waals surface area contributed by atoms with Gasteiger partial charge < -0.3 is 0 Å². The average Bonchev–Trinajstić information content (AvgIpc) is 1.85.